The standard InChI is InChI=1S/C38H22S2/c1-2-12-24-23(10-1)11-9-18-25(24)36-26-13-3-5-15-28(26)37(29-16-6-4-14-27(29)36)35-22-31-33(40-35)20-21-34-38(31)30-17-7-8-19-32(30)39-34/h1-22H. The summed E-state index contributed by atoms with van der Waals surface area (Å²) in [5.41, 5.74) is 3.95. The highest BCUT2D eigenvalue weighted by molar-refractivity contribution is 7.26. The largest absolute Gasteiger partial charge is 0.135 e. The van der Waals surface area contributed by atoms with Crippen LogP contribution in [0.3, 0.4) is 0 Å². The molecule has 0 saturated carbocycles. The molecule has 2 heteroatoms. The highest BCUT2D eigenvalue weighted by Crippen LogP contribution is 2.49. The summed E-state index contributed by atoms with van der Waals surface area (Å²) in [7, 11) is 0. The van der Waals surface area contributed by atoms with Gasteiger partial charge in [0.1, 0.15) is 0 Å². The van der Waals surface area contributed by atoms with Crippen LogP contribution in [0.1, 0.15) is 0 Å². The summed E-state index contributed by atoms with van der Waals surface area (Å²) in [6.45, 7) is 0. The van der Waals surface area contributed by atoms with E-state index in [0.29, 0.717) is 0 Å². The van der Waals surface area contributed by atoms with Crippen LogP contribution in [0.15, 0.2) is 133 Å². The molecule has 9 rings (SSSR count). The molecule has 0 radical (unpaired) electrons. The smallest absolute Gasteiger partial charge is 0.0368 e. The maximum absolute atomic E-state index is 2.45. The molecule has 40 heavy (non-hydrogen) atoms. The Labute approximate surface area is 239 Å². The summed E-state index contributed by atoms with van der Waals surface area (Å²) < 4.78 is 4.06. The van der Waals surface area contributed by atoms with Gasteiger partial charge in [0, 0.05) is 40.7 Å². The highest BCUT2D eigenvalue weighted by Gasteiger charge is 2.20. The third kappa shape index (κ3) is 3.12. The van der Waals surface area contributed by atoms with E-state index in [1.54, 1.807) is 0 Å². The zero-order valence-corrected chi connectivity index (χ0v) is 23.2. The van der Waals surface area contributed by atoms with Crippen molar-refractivity contribution in [3.05, 3.63) is 133 Å². The molecule has 0 aliphatic heterocycles. The van der Waals surface area contributed by atoms with E-state index < -0.39 is 0 Å². The average Bonchev–Trinajstić information content (AvgIpc) is 3.61. The number of rotatable bonds is 2. The van der Waals surface area contributed by atoms with Gasteiger partial charge in [-0.15, -0.1) is 22.7 Å². The molecule has 0 atom stereocenters. The number of thiophene rings is 2. The lowest BCUT2D eigenvalue weighted by molar-refractivity contribution is 1.70. The molecule has 186 valence electrons. The van der Waals surface area contributed by atoms with Gasteiger partial charge >= 0.3 is 0 Å². The van der Waals surface area contributed by atoms with Crippen LogP contribution in [0.2, 0.25) is 0 Å². The minimum Gasteiger partial charge on any atom is -0.135 e. The molecule has 0 spiro atoms. The topological polar surface area (TPSA) is 0 Å². The normalized spacial score (nSPS) is 12.0. The summed E-state index contributed by atoms with van der Waals surface area (Å²) in [5.74, 6) is 0. The molecule has 0 amide bonds. The molecular weight excluding hydrogens is 521 g/mol. The Balaban J connectivity index is 1.42. The third-order valence-electron chi connectivity index (χ3n) is 8.28. The Bertz CT molecular complexity index is 2370. The summed E-state index contributed by atoms with van der Waals surface area (Å²) >= 11 is 3.81. The van der Waals surface area contributed by atoms with Gasteiger partial charge in [0.25, 0.3) is 0 Å². The first kappa shape index (κ1) is 22.3. The molecule has 9 aromatic rings. The van der Waals surface area contributed by atoms with Gasteiger partial charge in [-0.05, 0) is 67.7 Å². The van der Waals surface area contributed by atoms with Gasteiger partial charge in [0.15, 0.2) is 0 Å². The fourth-order valence-corrected chi connectivity index (χ4v) is 8.85. The van der Waals surface area contributed by atoms with Crippen LogP contribution >= 0.6 is 22.7 Å². The van der Waals surface area contributed by atoms with Gasteiger partial charge in [-0.2, -0.15) is 0 Å². The van der Waals surface area contributed by atoms with Crippen molar-refractivity contribution >= 4 is 85.2 Å². The van der Waals surface area contributed by atoms with Gasteiger partial charge < -0.3 is 0 Å². The van der Waals surface area contributed by atoms with Crippen LogP contribution in [-0.4, -0.2) is 0 Å². The van der Waals surface area contributed by atoms with E-state index in [1.807, 2.05) is 22.7 Å². The molecule has 0 saturated heterocycles. The van der Waals surface area contributed by atoms with Crippen LogP contribution < -0.4 is 0 Å². The zero-order chi connectivity index (χ0) is 26.2. The molecule has 0 fully saturated rings. The fourth-order valence-electron chi connectivity index (χ4n) is 6.59. The first-order valence-corrected chi connectivity index (χ1v) is 15.2. The van der Waals surface area contributed by atoms with Crippen molar-refractivity contribution in [2.75, 3.05) is 0 Å². The fraction of sp³-hybridized carbons (Fsp3) is 0. The van der Waals surface area contributed by atoms with Crippen molar-refractivity contribution in [3.63, 3.8) is 0 Å². The Hall–Kier alpha value is -4.50. The van der Waals surface area contributed by atoms with E-state index in [1.165, 1.54) is 84.1 Å². The Morgan fingerprint density at radius 1 is 0.350 bits per heavy atom. The third-order valence-corrected chi connectivity index (χ3v) is 10.5. The number of hydrogen-bond acceptors (Lipinski definition) is 2. The minimum atomic E-state index is 1.27. The van der Waals surface area contributed by atoms with E-state index in [2.05, 4.69) is 133 Å². The summed E-state index contributed by atoms with van der Waals surface area (Å²) in [5, 5.41) is 11.9. The molecule has 0 aliphatic carbocycles. The lowest BCUT2D eigenvalue weighted by Gasteiger charge is -2.18. The molecule has 0 N–H and O–H groups in total. The quantitative estimate of drug-likeness (QED) is 0.191. The predicted molar refractivity (Wildman–Crippen MR) is 178 cm³/mol. The van der Waals surface area contributed by atoms with E-state index >= 15 is 0 Å². The first-order chi connectivity index (χ1) is 19.8. The van der Waals surface area contributed by atoms with Crippen molar-refractivity contribution in [2.45, 2.75) is 0 Å². The second-order valence-electron chi connectivity index (χ2n) is 10.4. The van der Waals surface area contributed by atoms with Crippen LogP contribution in [0.4, 0.5) is 0 Å². The van der Waals surface area contributed by atoms with Crippen LogP contribution in [0, 0.1) is 0 Å². The second kappa shape index (κ2) is 8.50. The molecule has 7 aromatic carbocycles. The van der Waals surface area contributed by atoms with Gasteiger partial charge in [0.05, 0.1) is 0 Å². The molecule has 0 aliphatic rings. The Kier molecular flexibility index (Phi) is 4.74. The van der Waals surface area contributed by atoms with E-state index in [4.69, 9.17) is 0 Å². The summed E-state index contributed by atoms with van der Waals surface area (Å²) in [6.07, 6.45) is 0. The number of fused-ring (bicyclic) bond motifs is 8. The Morgan fingerprint density at radius 2 is 0.900 bits per heavy atom. The van der Waals surface area contributed by atoms with Gasteiger partial charge in [0.2, 0.25) is 0 Å². The lowest BCUT2D eigenvalue weighted by atomic mass is 9.86. The molecule has 2 heterocycles. The van der Waals surface area contributed by atoms with E-state index in [0.717, 1.165) is 0 Å². The Morgan fingerprint density at radius 3 is 1.65 bits per heavy atom. The van der Waals surface area contributed by atoms with Gasteiger partial charge in [-0.1, -0.05) is 109 Å². The summed E-state index contributed by atoms with van der Waals surface area (Å²) in [4.78, 5) is 1.33. The van der Waals surface area contributed by atoms with Crippen molar-refractivity contribution in [2.24, 2.45) is 0 Å². The van der Waals surface area contributed by atoms with Gasteiger partial charge in [-0.25, -0.2) is 0 Å². The van der Waals surface area contributed by atoms with Crippen molar-refractivity contribution in [1.82, 2.24) is 0 Å². The number of hydrogen-bond donors (Lipinski definition) is 0. The predicted octanol–water partition coefficient (Wildman–Crippen LogP) is 12.1. The van der Waals surface area contributed by atoms with Crippen molar-refractivity contribution in [3.8, 4) is 21.6 Å². The zero-order valence-electron chi connectivity index (χ0n) is 21.5. The molecule has 0 bridgehead atoms. The molecule has 0 unspecified atom stereocenters. The monoisotopic (exact) mass is 542 g/mol. The maximum Gasteiger partial charge on any atom is 0.0368 e. The second-order valence-corrected chi connectivity index (χ2v) is 12.6. The van der Waals surface area contributed by atoms with Gasteiger partial charge in [-0.3, -0.25) is 0 Å². The highest BCUT2D eigenvalue weighted by atomic mass is 32.1. The van der Waals surface area contributed by atoms with Crippen LogP contribution in [0.25, 0.3) is 84.1 Å². The minimum absolute atomic E-state index is 1.27. The van der Waals surface area contributed by atoms with Crippen molar-refractivity contribution in [1.29, 1.82) is 0 Å². The SMILES string of the molecule is c1ccc2c(-c3c4ccccc4c(-c4cc5c(ccc6sc7ccccc7c65)s4)c4ccccc34)cccc2c1. The average molecular weight is 543 g/mol. The van der Waals surface area contributed by atoms with Crippen LogP contribution in [0.5, 0.6) is 0 Å². The van der Waals surface area contributed by atoms with Crippen LogP contribution in [-0.2, 0) is 0 Å². The van der Waals surface area contributed by atoms with E-state index in [9.17, 15) is 0 Å². The first-order valence-electron chi connectivity index (χ1n) is 13.6. The maximum atomic E-state index is 2.45. The number of benzene rings is 7. The summed E-state index contributed by atoms with van der Waals surface area (Å²) in [6, 6.07) is 49.3. The molecule has 0 nitrogen and oxygen atoms in total. The lowest BCUT2D eigenvalue weighted by Crippen LogP contribution is -1.90. The van der Waals surface area contributed by atoms with E-state index in [-0.39, 0.29) is 0 Å². The molecule has 2 aromatic heterocycles. The van der Waals surface area contributed by atoms with Crippen molar-refractivity contribution < 1.29 is 0 Å². The molecular formula is C38H22S2.